The predicted octanol–water partition coefficient (Wildman–Crippen LogP) is 2.04. The summed E-state index contributed by atoms with van der Waals surface area (Å²) in [6, 6.07) is -0.894. The zero-order valence-corrected chi connectivity index (χ0v) is 12.1. The Hall–Kier alpha value is -1.86. The van der Waals surface area contributed by atoms with Crippen LogP contribution in [-0.4, -0.2) is 32.4 Å². The lowest BCUT2D eigenvalue weighted by Crippen LogP contribution is -2.39. The second-order valence-corrected chi connectivity index (χ2v) is 5.22. The molecule has 1 unspecified atom stereocenters. The number of nitrogens with zero attached hydrogens (tertiary/aromatic N) is 2. The minimum Gasteiger partial charge on any atom is -0.480 e. The van der Waals surface area contributed by atoms with Crippen LogP contribution < -0.4 is 5.32 Å². The number of hydrogen-bond donors (Lipinski definition) is 2. The van der Waals surface area contributed by atoms with E-state index >= 15 is 0 Å². The quantitative estimate of drug-likeness (QED) is 0.827. The number of carboxylic acids is 1. The minimum absolute atomic E-state index is 0.297. The molecule has 2 N–H and O–H groups in total. The molecule has 1 atom stereocenters. The number of carbonyl (C=O) groups excluding carboxylic acids is 1. The number of fused-ring (bicyclic) bond motifs is 1. The fraction of sp³-hybridized carbons (Fsp3) is 0.250. The monoisotopic (exact) mass is 313 g/mol. The second kappa shape index (κ2) is 6.06. The van der Waals surface area contributed by atoms with Gasteiger partial charge < -0.3 is 10.4 Å². The van der Waals surface area contributed by atoms with E-state index in [0.29, 0.717) is 17.3 Å². The molecule has 0 radical (unpaired) electrons. The first-order chi connectivity index (χ1) is 9.52. The van der Waals surface area contributed by atoms with Crippen molar-refractivity contribution in [3.63, 3.8) is 0 Å². The Morgan fingerprint density at radius 2 is 2.40 bits per heavy atom. The molecule has 2 rings (SSSR count). The van der Waals surface area contributed by atoms with Gasteiger partial charge in [0.05, 0.1) is 5.69 Å². The maximum atomic E-state index is 11.7. The van der Waals surface area contributed by atoms with Crippen molar-refractivity contribution in [2.45, 2.75) is 19.4 Å². The topological polar surface area (TPSA) is 83.7 Å². The molecular formula is C12H12ClN3O3S. The summed E-state index contributed by atoms with van der Waals surface area (Å²) in [7, 11) is 0. The number of halogens is 1. The van der Waals surface area contributed by atoms with E-state index < -0.39 is 17.9 Å². The summed E-state index contributed by atoms with van der Waals surface area (Å²) in [5, 5.41) is 13.4. The summed E-state index contributed by atoms with van der Waals surface area (Å²) in [5.74, 6) is -1.54. The van der Waals surface area contributed by atoms with E-state index in [-0.39, 0.29) is 0 Å². The second-order valence-electron chi connectivity index (χ2n) is 3.98. The van der Waals surface area contributed by atoms with Crippen LogP contribution in [-0.2, 0) is 9.59 Å². The van der Waals surface area contributed by atoms with E-state index in [1.165, 1.54) is 23.5 Å². The highest BCUT2D eigenvalue weighted by atomic mass is 35.5. The van der Waals surface area contributed by atoms with Crippen LogP contribution in [0.5, 0.6) is 0 Å². The number of rotatable bonds is 5. The van der Waals surface area contributed by atoms with Gasteiger partial charge in [0.25, 0.3) is 0 Å². The molecule has 0 saturated heterocycles. The third-order valence-electron chi connectivity index (χ3n) is 2.67. The van der Waals surface area contributed by atoms with E-state index in [1.807, 2.05) is 5.38 Å². The maximum Gasteiger partial charge on any atom is 0.326 e. The summed E-state index contributed by atoms with van der Waals surface area (Å²) in [6.45, 7) is 1.69. The number of aromatic nitrogens is 2. The molecule has 6 nitrogen and oxygen atoms in total. The molecular weight excluding hydrogens is 302 g/mol. The molecule has 0 aliphatic carbocycles. The van der Waals surface area contributed by atoms with Crippen LogP contribution in [0.25, 0.3) is 11.0 Å². The average molecular weight is 314 g/mol. The number of amides is 1. The lowest BCUT2D eigenvalue weighted by Gasteiger charge is -2.09. The van der Waals surface area contributed by atoms with Crippen molar-refractivity contribution in [2.75, 3.05) is 0 Å². The number of nitrogens with one attached hydrogen (secondary N) is 1. The average Bonchev–Trinajstić information content (AvgIpc) is 2.94. The number of imidazole rings is 1. The molecule has 0 fully saturated rings. The minimum atomic E-state index is -1.06. The summed E-state index contributed by atoms with van der Waals surface area (Å²) < 4.78 is 1.76. The van der Waals surface area contributed by atoms with Crippen LogP contribution in [0.3, 0.4) is 0 Å². The standard InChI is InChI=1S/C12H12ClN3O3S/c1-2-7(11(18)19)14-9(17)4-3-8-10(13)15-12-16(8)5-6-20-12/h3-7H,2H2,1H3,(H,14,17)(H,18,19)/b4-3+. The fourth-order valence-corrected chi connectivity index (χ4v) is 2.64. The third kappa shape index (κ3) is 3.00. The molecule has 2 heterocycles. The van der Waals surface area contributed by atoms with Crippen molar-refractivity contribution in [3.8, 4) is 0 Å². The van der Waals surface area contributed by atoms with Crippen LogP contribution in [0.15, 0.2) is 17.7 Å². The smallest absolute Gasteiger partial charge is 0.326 e. The normalized spacial score (nSPS) is 12.9. The van der Waals surface area contributed by atoms with Gasteiger partial charge in [-0.2, -0.15) is 0 Å². The maximum absolute atomic E-state index is 11.7. The number of carboxylic acid groups (broad SMARTS) is 1. The Kier molecular flexibility index (Phi) is 4.41. The van der Waals surface area contributed by atoms with Crippen LogP contribution in [0.4, 0.5) is 0 Å². The lowest BCUT2D eigenvalue weighted by atomic mass is 10.2. The van der Waals surface area contributed by atoms with Crippen LogP contribution in [0, 0.1) is 0 Å². The lowest BCUT2D eigenvalue weighted by molar-refractivity contribution is -0.141. The van der Waals surface area contributed by atoms with Crippen molar-refractivity contribution in [1.82, 2.24) is 14.7 Å². The van der Waals surface area contributed by atoms with Gasteiger partial charge in [-0.3, -0.25) is 9.20 Å². The van der Waals surface area contributed by atoms with E-state index in [2.05, 4.69) is 10.3 Å². The molecule has 2 aromatic heterocycles. The molecule has 0 saturated carbocycles. The zero-order valence-electron chi connectivity index (χ0n) is 10.5. The van der Waals surface area contributed by atoms with Crippen LogP contribution in [0.1, 0.15) is 19.0 Å². The molecule has 20 heavy (non-hydrogen) atoms. The van der Waals surface area contributed by atoms with Crippen molar-refractivity contribution < 1.29 is 14.7 Å². The highest BCUT2D eigenvalue weighted by Gasteiger charge is 2.16. The van der Waals surface area contributed by atoms with Gasteiger partial charge in [0.1, 0.15) is 6.04 Å². The van der Waals surface area contributed by atoms with Crippen molar-refractivity contribution in [1.29, 1.82) is 0 Å². The summed E-state index contributed by atoms with van der Waals surface area (Å²) in [5.41, 5.74) is 0.585. The molecule has 106 valence electrons. The Labute approximate surface area is 123 Å². The molecule has 0 aliphatic rings. The van der Waals surface area contributed by atoms with Crippen molar-refractivity contribution in [3.05, 3.63) is 28.5 Å². The SMILES string of the molecule is CCC(NC(=O)/C=C/c1c(Cl)nc2sccn12)C(=O)O. The summed E-state index contributed by atoms with van der Waals surface area (Å²) in [6.07, 6.45) is 4.87. The van der Waals surface area contributed by atoms with E-state index in [0.717, 1.165) is 4.96 Å². The van der Waals surface area contributed by atoms with Crippen molar-refractivity contribution in [2.24, 2.45) is 0 Å². The number of aliphatic carboxylic acids is 1. The largest absolute Gasteiger partial charge is 0.480 e. The third-order valence-corrected chi connectivity index (χ3v) is 3.70. The Bertz CT molecular complexity index is 677. The first-order valence-electron chi connectivity index (χ1n) is 5.85. The van der Waals surface area contributed by atoms with Gasteiger partial charge in [-0.25, -0.2) is 9.78 Å². The predicted molar refractivity (Wildman–Crippen MR) is 77.0 cm³/mol. The Morgan fingerprint density at radius 3 is 3.05 bits per heavy atom. The summed E-state index contributed by atoms with van der Waals surface area (Å²) in [4.78, 5) is 27.3. The van der Waals surface area contributed by atoms with Gasteiger partial charge in [0, 0.05) is 17.7 Å². The van der Waals surface area contributed by atoms with Gasteiger partial charge in [-0.05, 0) is 12.5 Å². The number of thiazole rings is 1. The van der Waals surface area contributed by atoms with Gasteiger partial charge in [0.15, 0.2) is 10.1 Å². The van der Waals surface area contributed by atoms with E-state index in [1.54, 1.807) is 17.5 Å². The van der Waals surface area contributed by atoms with Gasteiger partial charge in [0.2, 0.25) is 5.91 Å². The van der Waals surface area contributed by atoms with Gasteiger partial charge in [-0.15, -0.1) is 11.3 Å². The zero-order chi connectivity index (χ0) is 14.7. The molecule has 8 heteroatoms. The fourth-order valence-electron chi connectivity index (χ4n) is 1.64. The summed E-state index contributed by atoms with van der Waals surface area (Å²) >= 11 is 7.40. The van der Waals surface area contributed by atoms with E-state index in [9.17, 15) is 9.59 Å². The molecule has 0 spiro atoms. The molecule has 0 aliphatic heterocycles. The molecule has 2 aromatic rings. The molecule has 1 amide bonds. The van der Waals surface area contributed by atoms with Crippen molar-refractivity contribution >= 4 is 45.9 Å². The highest BCUT2D eigenvalue weighted by molar-refractivity contribution is 7.15. The van der Waals surface area contributed by atoms with Gasteiger partial charge >= 0.3 is 5.97 Å². The van der Waals surface area contributed by atoms with Gasteiger partial charge in [-0.1, -0.05) is 18.5 Å². The number of hydrogen-bond acceptors (Lipinski definition) is 4. The molecule has 0 bridgehead atoms. The Balaban J connectivity index is 2.12. The number of carbonyl (C=O) groups is 2. The molecule has 0 aromatic carbocycles. The highest BCUT2D eigenvalue weighted by Crippen LogP contribution is 2.22. The van der Waals surface area contributed by atoms with E-state index in [4.69, 9.17) is 16.7 Å². The first-order valence-corrected chi connectivity index (χ1v) is 7.11. The van der Waals surface area contributed by atoms with Crippen LogP contribution >= 0.6 is 22.9 Å². The Morgan fingerprint density at radius 1 is 1.65 bits per heavy atom. The first kappa shape index (κ1) is 14.5. The van der Waals surface area contributed by atoms with Crippen LogP contribution in [0.2, 0.25) is 5.15 Å².